The molecule has 0 saturated heterocycles. The lowest BCUT2D eigenvalue weighted by Gasteiger charge is -2.18. The van der Waals surface area contributed by atoms with Gasteiger partial charge >= 0.3 is 0 Å². The molecule has 0 spiro atoms. The Labute approximate surface area is 125 Å². The van der Waals surface area contributed by atoms with Crippen molar-refractivity contribution in [3.8, 4) is 28.4 Å². The second-order valence-electron chi connectivity index (χ2n) is 5.14. The predicted molar refractivity (Wildman–Crippen MR) is 85.0 cm³/mol. The van der Waals surface area contributed by atoms with Gasteiger partial charge in [0.05, 0.1) is 0 Å². The minimum absolute atomic E-state index is 0.206. The van der Waals surface area contributed by atoms with Crippen molar-refractivity contribution in [2.75, 3.05) is 0 Å². The van der Waals surface area contributed by atoms with Crippen molar-refractivity contribution in [3.05, 3.63) is 41.0 Å². The van der Waals surface area contributed by atoms with Crippen LogP contribution in [-0.4, -0.2) is 15.3 Å². The third kappa shape index (κ3) is 2.56. The second kappa shape index (κ2) is 6.08. The molecular formula is C18H22O3. The van der Waals surface area contributed by atoms with Crippen molar-refractivity contribution in [2.24, 2.45) is 0 Å². The van der Waals surface area contributed by atoms with Gasteiger partial charge in [-0.3, -0.25) is 0 Å². The van der Waals surface area contributed by atoms with Gasteiger partial charge in [0.2, 0.25) is 5.75 Å². The van der Waals surface area contributed by atoms with E-state index in [0.29, 0.717) is 24.0 Å². The van der Waals surface area contributed by atoms with Crippen LogP contribution in [0.5, 0.6) is 17.2 Å². The number of hydrogen-bond donors (Lipinski definition) is 3. The molecule has 0 aliphatic carbocycles. The first kappa shape index (κ1) is 15.2. The lowest BCUT2D eigenvalue weighted by molar-refractivity contribution is 0.365. The summed E-state index contributed by atoms with van der Waals surface area (Å²) in [5, 5.41) is 30.4. The quantitative estimate of drug-likeness (QED) is 0.740. The Hall–Kier alpha value is -2.16. The normalized spacial score (nSPS) is 10.8. The summed E-state index contributed by atoms with van der Waals surface area (Å²) in [5.41, 5.74) is 4.25. The molecule has 2 rings (SSSR count). The largest absolute Gasteiger partial charge is 0.504 e. The zero-order chi connectivity index (χ0) is 15.6. The Kier molecular flexibility index (Phi) is 4.41. The van der Waals surface area contributed by atoms with E-state index in [1.807, 2.05) is 38.1 Å². The van der Waals surface area contributed by atoms with Crippen LogP contribution in [0.25, 0.3) is 11.1 Å². The molecule has 0 bridgehead atoms. The van der Waals surface area contributed by atoms with Crippen molar-refractivity contribution >= 4 is 0 Å². The highest BCUT2D eigenvalue weighted by Crippen LogP contribution is 2.48. The van der Waals surface area contributed by atoms with Crippen molar-refractivity contribution in [2.45, 2.75) is 40.0 Å². The molecule has 3 nitrogen and oxygen atoms in total. The van der Waals surface area contributed by atoms with Gasteiger partial charge in [0.1, 0.15) is 0 Å². The zero-order valence-corrected chi connectivity index (χ0v) is 12.8. The Morgan fingerprint density at radius 3 is 2.00 bits per heavy atom. The maximum Gasteiger partial charge on any atom is 0.201 e. The van der Waals surface area contributed by atoms with E-state index in [0.717, 1.165) is 17.5 Å². The molecular weight excluding hydrogens is 264 g/mol. The molecule has 0 atom stereocenters. The fourth-order valence-corrected chi connectivity index (χ4v) is 2.84. The van der Waals surface area contributed by atoms with E-state index < -0.39 is 5.75 Å². The van der Waals surface area contributed by atoms with Crippen LogP contribution in [0.3, 0.4) is 0 Å². The summed E-state index contributed by atoms with van der Waals surface area (Å²) >= 11 is 0. The SMILES string of the molecule is CCc1cccc(-c2c(O)c(O)c(O)c(CC)c2CC)c1. The van der Waals surface area contributed by atoms with E-state index in [1.54, 1.807) is 0 Å². The van der Waals surface area contributed by atoms with Gasteiger partial charge in [-0.15, -0.1) is 0 Å². The standard InChI is InChI=1S/C18H22O3/c1-4-11-8-7-9-12(10-11)15-13(5-2)14(6-3)16(19)18(21)17(15)20/h7-10,19-21H,4-6H2,1-3H3. The van der Waals surface area contributed by atoms with Gasteiger partial charge in [0, 0.05) is 11.1 Å². The molecule has 0 aromatic heterocycles. The Morgan fingerprint density at radius 2 is 1.43 bits per heavy atom. The van der Waals surface area contributed by atoms with E-state index in [4.69, 9.17) is 0 Å². The Morgan fingerprint density at radius 1 is 0.762 bits per heavy atom. The molecule has 0 unspecified atom stereocenters. The highest BCUT2D eigenvalue weighted by molar-refractivity contribution is 5.81. The molecule has 0 heterocycles. The fourth-order valence-electron chi connectivity index (χ4n) is 2.84. The van der Waals surface area contributed by atoms with Gasteiger partial charge in [-0.2, -0.15) is 0 Å². The van der Waals surface area contributed by atoms with Crippen molar-refractivity contribution in [1.82, 2.24) is 0 Å². The first-order valence-electron chi connectivity index (χ1n) is 7.42. The zero-order valence-electron chi connectivity index (χ0n) is 12.8. The van der Waals surface area contributed by atoms with Gasteiger partial charge in [0.15, 0.2) is 11.5 Å². The second-order valence-corrected chi connectivity index (χ2v) is 5.14. The minimum Gasteiger partial charge on any atom is -0.504 e. The van der Waals surface area contributed by atoms with Gasteiger partial charge in [0.25, 0.3) is 0 Å². The van der Waals surface area contributed by atoms with Crippen LogP contribution in [0.4, 0.5) is 0 Å². The molecule has 0 aliphatic heterocycles. The number of hydrogen-bond acceptors (Lipinski definition) is 3. The summed E-state index contributed by atoms with van der Waals surface area (Å²) in [7, 11) is 0. The van der Waals surface area contributed by atoms with Crippen LogP contribution < -0.4 is 0 Å². The molecule has 112 valence electrons. The summed E-state index contributed by atoms with van der Waals surface area (Å²) in [4.78, 5) is 0. The monoisotopic (exact) mass is 286 g/mol. The van der Waals surface area contributed by atoms with E-state index in [9.17, 15) is 15.3 Å². The number of aromatic hydroxyl groups is 3. The smallest absolute Gasteiger partial charge is 0.201 e. The molecule has 21 heavy (non-hydrogen) atoms. The highest BCUT2D eigenvalue weighted by atomic mass is 16.3. The van der Waals surface area contributed by atoms with Crippen LogP contribution >= 0.6 is 0 Å². The van der Waals surface area contributed by atoms with Crippen LogP contribution in [0.1, 0.15) is 37.5 Å². The van der Waals surface area contributed by atoms with Crippen LogP contribution in [0, 0.1) is 0 Å². The summed E-state index contributed by atoms with van der Waals surface area (Å²) in [5.74, 6) is -0.877. The number of aryl methyl sites for hydroxylation is 1. The Balaban J connectivity index is 2.80. The van der Waals surface area contributed by atoms with Gasteiger partial charge in [-0.25, -0.2) is 0 Å². The van der Waals surface area contributed by atoms with E-state index in [-0.39, 0.29) is 11.5 Å². The Bertz CT molecular complexity index is 660. The summed E-state index contributed by atoms with van der Waals surface area (Å²) in [6.45, 7) is 5.99. The van der Waals surface area contributed by atoms with E-state index >= 15 is 0 Å². The number of phenols is 3. The number of rotatable bonds is 4. The molecule has 0 aliphatic rings. The predicted octanol–water partition coefficient (Wildman–Crippen LogP) is 4.16. The first-order chi connectivity index (χ1) is 10.0. The topological polar surface area (TPSA) is 60.7 Å². The third-order valence-corrected chi connectivity index (χ3v) is 3.97. The van der Waals surface area contributed by atoms with Crippen LogP contribution in [-0.2, 0) is 19.3 Å². The third-order valence-electron chi connectivity index (χ3n) is 3.97. The summed E-state index contributed by atoms with van der Waals surface area (Å²) < 4.78 is 0. The summed E-state index contributed by atoms with van der Waals surface area (Å²) in [6, 6.07) is 7.92. The molecule has 0 fully saturated rings. The average molecular weight is 286 g/mol. The van der Waals surface area contributed by atoms with Gasteiger partial charge < -0.3 is 15.3 Å². The van der Waals surface area contributed by atoms with Crippen molar-refractivity contribution < 1.29 is 15.3 Å². The van der Waals surface area contributed by atoms with E-state index in [2.05, 4.69) is 6.92 Å². The van der Waals surface area contributed by atoms with Crippen LogP contribution in [0.15, 0.2) is 24.3 Å². The molecule has 3 N–H and O–H groups in total. The lowest BCUT2D eigenvalue weighted by Crippen LogP contribution is -1.98. The van der Waals surface area contributed by atoms with E-state index in [1.165, 1.54) is 5.56 Å². The van der Waals surface area contributed by atoms with Crippen molar-refractivity contribution in [3.63, 3.8) is 0 Å². The number of phenolic OH excluding ortho intramolecular Hbond substituents is 3. The molecule has 0 radical (unpaired) electrons. The molecule has 2 aromatic rings. The highest BCUT2D eigenvalue weighted by Gasteiger charge is 2.22. The minimum atomic E-state index is -0.430. The molecule has 0 amide bonds. The average Bonchev–Trinajstić information content (AvgIpc) is 2.52. The van der Waals surface area contributed by atoms with Crippen molar-refractivity contribution in [1.29, 1.82) is 0 Å². The fraction of sp³-hybridized carbons (Fsp3) is 0.333. The van der Waals surface area contributed by atoms with Gasteiger partial charge in [-0.1, -0.05) is 45.0 Å². The maximum atomic E-state index is 10.3. The van der Waals surface area contributed by atoms with Crippen LogP contribution in [0.2, 0.25) is 0 Å². The molecule has 0 saturated carbocycles. The number of benzene rings is 2. The maximum absolute atomic E-state index is 10.3. The molecule has 3 heteroatoms. The lowest BCUT2D eigenvalue weighted by atomic mass is 9.89. The molecule has 2 aromatic carbocycles. The van der Waals surface area contributed by atoms with Gasteiger partial charge in [-0.05, 0) is 36.0 Å². The summed E-state index contributed by atoms with van der Waals surface area (Å²) in [6.07, 6.45) is 2.18. The first-order valence-corrected chi connectivity index (χ1v) is 7.42.